The van der Waals surface area contributed by atoms with E-state index in [4.69, 9.17) is 0 Å². The smallest absolute Gasteiger partial charge is 0.223 e. The van der Waals surface area contributed by atoms with Gasteiger partial charge in [0.2, 0.25) is 5.95 Å². The molecular formula is C27H31F2N3O. The van der Waals surface area contributed by atoms with Gasteiger partial charge in [-0.2, -0.15) is 0 Å². The largest absolute Gasteiger partial charge is 0.354 e. The summed E-state index contributed by atoms with van der Waals surface area (Å²) in [7, 11) is 0. The van der Waals surface area contributed by atoms with Crippen LogP contribution >= 0.6 is 0 Å². The van der Waals surface area contributed by atoms with Gasteiger partial charge in [-0.05, 0) is 55.0 Å². The number of hydrogen-bond donors (Lipinski definition) is 1. The number of carbonyl (C=O) groups is 1. The van der Waals surface area contributed by atoms with Crippen LogP contribution in [0.15, 0.2) is 42.5 Å². The molecule has 1 unspecified atom stereocenters. The second kappa shape index (κ2) is 10.2. The lowest BCUT2D eigenvalue weighted by atomic mass is 9.83. The first-order valence-corrected chi connectivity index (χ1v) is 11.3. The molecule has 3 rings (SSSR count). The number of nitrogens with one attached hydrogen (secondary N) is 1. The molecule has 0 radical (unpaired) electrons. The van der Waals surface area contributed by atoms with Crippen LogP contribution < -0.4 is 5.32 Å². The van der Waals surface area contributed by atoms with Crippen LogP contribution in [0.4, 0.5) is 14.7 Å². The Bertz CT molecular complexity index is 1090. The molecule has 0 saturated heterocycles. The SMILES string of the molecule is C=C(CCCNc1nc(/C=C/CC)c2c(n1)C(c1c(F)cccc1F)C(=O)C=C2)C(C)(C)C. The molecule has 1 heterocycles. The van der Waals surface area contributed by atoms with Gasteiger partial charge in [-0.15, -0.1) is 0 Å². The van der Waals surface area contributed by atoms with Crippen molar-refractivity contribution in [3.8, 4) is 0 Å². The fourth-order valence-corrected chi connectivity index (χ4v) is 3.67. The van der Waals surface area contributed by atoms with Gasteiger partial charge in [0.05, 0.1) is 17.3 Å². The molecule has 0 fully saturated rings. The Hall–Kier alpha value is -3.15. The van der Waals surface area contributed by atoms with Crippen molar-refractivity contribution in [1.29, 1.82) is 0 Å². The molecule has 0 amide bonds. The molecule has 1 aliphatic rings. The zero-order valence-electron chi connectivity index (χ0n) is 19.7. The van der Waals surface area contributed by atoms with Crippen LogP contribution in [0.2, 0.25) is 0 Å². The van der Waals surface area contributed by atoms with E-state index in [-0.39, 0.29) is 11.0 Å². The maximum atomic E-state index is 14.6. The molecule has 4 nitrogen and oxygen atoms in total. The monoisotopic (exact) mass is 451 g/mol. The van der Waals surface area contributed by atoms with E-state index in [0.29, 0.717) is 29.4 Å². The van der Waals surface area contributed by atoms with E-state index in [1.54, 1.807) is 6.08 Å². The average Bonchev–Trinajstić information content (AvgIpc) is 2.75. The van der Waals surface area contributed by atoms with Crippen LogP contribution in [0.25, 0.3) is 12.2 Å². The van der Waals surface area contributed by atoms with E-state index >= 15 is 0 Å². The maximum Gasteiger partial charge on any atom is 0.223 e. The van der Waals surface area contributed by atoms with Crippen molar-refractivity contribution in [1.82, 2.24) is 9.97 Å². The molecule has 0 spiro atoms. The predicted molar refractivity (Wildman–Crippen MR) is 130 cm³/mol. The number of carbonyl (C=O) groups excluding carboxylic acids is 1. The fourth-order valence-electron chi connectivity index (χ4n) is 3.67. The second-order valence-electron chi connectivity index (χ2n) is 9.23. The van der Waals surface area contributed by atoms with Gasteiger partial charge in [0.15, 0.2) is 5.78 Å². The number of anilines is 1. The summed E-state index contributed by atoms with van der Waals surface area (Å²) in [6.45, 7) is 13.2. The van der Waals surface area contributed by atoms with E-state index in [9.17, 15) is 13.6 Å². The van der Waals surface area contributed by atoms with Gasteiger partial charge >= 0.3 is 0 Å². The average molecular weight is 452 g/mol. The maximum absolute atomic E-state index is 14.6. The molecule has 2 aromatic rings. The molecule has 0 bridgehead atoms. The number of benzene rings is 1. The molecule has 0 aliphatic heterocycles. The molecule has 1 atom stereocenters. The highest BCUT2D eigenvalue weighted by Gasteiger charge is 2.34. The molecule has 174 valence electrons. The van der Waals surface area contributed by atoms with Crippen molar-refractivity contribution >= 4 is 23.9 Å². The van der Waals surface area contributed by atoms with Crippen LogP contribution in [0.1, 0.15) is 75.4 Å². The Labute approximate surface area is 194 Å². The van der Waals surface area contributed by atoms with E-state index in [1.807, 2.05) is 19.1 Å². The number of halogens is 2. The Morgan fingerprint density at radius 2 is 1.88 bits per heavy atom. The third kappa shape index (κ3) is 5.62. The zero-order valence-corrected chi connectivity index (χ0v) is 19.7. The first kappa shape index (κ1) is 24.5. The normalized spacial score (nSPS) is 15.7. The van der Waals surface area contributed by atoms with E-state index in [2.05, 4.69) is 42.6 Å². The molecular weight excluding hydrogens is 420 g/mol. The highest BCUT2D eigenvalue weighted by Crippen LogP contribution is 2.36. The molecule has 1 aromatic heterocycles. The standard InChI is InChI=1S/C27H31F2N3O/c1-6-7-13-21-18-14-15-22(33)24(23-19(28)11-8-12-20(23)29)25(18)32-26(31-21)30-16-9-10-17(2)27(3,4)5/h7-8,11-15,24H,2,6,9-10,16H2,1,3-5H3,(H,30,31,32)/b13-7+. The van der Waals surface area contributed by atoms with Crippen LogP contribution in [0, 0.1) is 17.0 Å². The summed E-state index contributed by atoms with van der Waals surface area (Å²) in [5.41, 5.74) is 2.42. The van der Waals surface area contributed by atoms with Crippen LogP contribution in [-0.2, 0) is 4.79 Å². The van der Waals surface area contributed by atoms with Gasteiger partial charge in [0.1, 0.15) is 11.6 Å². The van der Waals surface area contributed by atoms with Crippen molar-refractivity contribution in [3.63, 3.8) is 0 Å². The van der Waals surface area contributed by atoms with Crippen molar-refractivity contribution < 1.29 is 13.6 Å². The van der Waals surface area contributed by atoms with Gasteiger partial charge in [0, 0.05) is 17.7 Å². The second-order valence-corrected chi connectivity index (χ2v) is 9.23. The van der Waals surface area contributed by atoms with Crippen molar-refractivity contribution in [3.05, 3.63) is 76.7 Å². The van der Waals surface area contributed by atoms with Crippen molar-refractivity contribution in [2.45, 2.75) is 52.9 Å². The van der Waals surface area contributed by atoms with E-state index in [1.165, 1.54) is 12.1 Å². The zero-order chi connectivity index (χ0) is 24.2. The number of allylic oxidation sites excluding steroid dienone is 3. The lowest BCUT2D eigenvalue weighted by Crippen LogP contribution is -2.22. The lowest BCUT2D eigenvalue weighted by Gasteiger charge is -2.23. The van der Waals surface area contributed by atoms with Gasteiger partial charge in [-0.3, -0.25) is 4.79 Å². The van der Waals surface area contributed by atoms with Crippen LogP contribution in [-0.4, -0.2) is 22.3 Å². The quantitative estimate of drug-likeness (QED) is 0.358. The van der Waals surface area contributed by atoms with Gasteiger partial charge in [-0.25, -0.2) is 18.7 Å². The summed E-state index contributed by atoms with van der Waals surface area (Å²) in [4.78, 5) is 22.0. The summed E-state index contributed by atoms with van der Waals surface area (Å²) in [5, 5.41) is 3.21. The lowest BCUT2D eigenvalue weighted by molar-refractivity contribution is -0.115. The van der Waals surface area contributed by atoms with E-state index in [0.717, 1.165) is 37.0 Å². The molecule has 0 saturated carbocycles. The van der Waals surface area contributed by atoms with Crippen LogP contribution in [0.3, 0.4) is 0 Å². The minimum absolute atomic E-state index is 0.0458. The number of aromatic nitrogens is 2. The number of rotatable bonds is 8. The Morgan fingerprint density at radius 1 is 1.18 bits per heavy atom. The Morgan fingerprint density at radius 3 is 2.52 bits per heavy atom. The number of fused-ring (bicyclic) bond motifs is 1. The summed E-state index contributed by atoms with van der Waals surface area (Å²) >= 11 is 0. The Balaban J connectivity index is 1.97. The first-order valence-electron chi connectivity index (χ1n) is 11.3. The number of hydrogen-bond acceptors (Lipinski definition) is 4. The molecule has 6 heteroatoms. The number of ketones is 1. The van der Waals surface area contributed by atoms with Gasteiger partial charge < -0.3 is 5.32 Å². The highest BCUT2D eigenvalue weighted by atomic mass is 19.1. The molecule has 1 N–H and O–H groups in total. The summed E-state index contributed by atoms with van der Waals surface area (Å²) in [5.74, 6) is -2.79. The first-order chi connectivity index (χ1) is 15.6. The highest BCUT2D eigenvalue weighted by molar-refractivity contribution is 6.04. The van der Waals surface area contributed by atoms with E-state index < -0.39 is 23.3 Å². The van der Waals surface area contributed by atoms with Crippen molar-refractivity contribution in [2.75, 3.05) is 11.9 Å². The van der Waals surface area contributed by atoms with Crippen molar-refractivity contribution in [2.24, 2.45) is 5.41 Å². The molecule has 1 aromatic carbocycles. The minimum atomic E-state index is -1.16. The van der Waals surface area contributed by atoms with Gasteiger partial charge in [-0.1, -0.05) is 52.0 Å². The summed E-state index contributed by atoms with van der Waals surface area (Å²) in [6, 6.07) is 3.60. The Kier molecular flexibility index (Phi) is 7.57. The minimum Gasteiger partial charge on any atom is -0.354 e. The fraction of sp³-hybridized carbons (Fsp3) is 0.370. The summed E-state index contributed by atoms with van der Waals surface area (Å²) < 4.78 is 29.3. The predicted octanol–water partition coefficient (Wildman–Crippen LogP) is 6.70. The molecule has 33 heavy (non-hydrogen) atoms. The topological polar surface area (TPSA) is 54.9 Å². The molecule has 1 aliphatic carbocycles. The number of nitrogens with zero attached hydrogens (tertiary/aromatic N) is 2. The van der Waals surface area contributed by atoms with Gasteiger partial charge in [0.25, 0.3) is 0 Å². The van der Waals surface area contributed by atoms with Crippen LogP contribution in [0.5, 0.6) is 0 Å². The third-order valence-electron chi connectivity index (χ3n) is 5.78. The summed E-state index contributed by atoms with van der Waals surface area (Å²) in [6.07, 6.45) is 9.25. The third-order valence-corrected chi connectivity index (χ3v) is 5.78.